The molecule has 2 heteroatoms. The molecule has 0 aromatic heterocycles. The normalized spacial score (nSPS) is 40.3. The van der Waals surface area contributed by atoms with E-state index in [0.717, 1.165) is 18.4 Å². The molecule has 0 bridgehead atoms. The van der Waals surface area contributed by atoms with Gasteiger partial charge in [-0.05, 0) is 39.2 Å². The lowest BCUT2D eigenvalue weighted by molar-refractivity contribution is 0.113. The maximum absolute atomic E-state index is 9.74. The first-order chi connectivity index (χ1) is 5.42. The summed E-state index contributed by atoms with van der Waals surface area (Å²) in [6, 6.07) is 0. The van der Waals surface area contributed by atoms with Crippen LogP contribution in [0.25, 0.3) is 0 Å². The van der Waals surface area contributed by atoms with Crippen LogP contribution in [0.5, 0.6) is 0 Å². The molecule has 1 saturated heterocycles. The molecule has 2 rings (SSSR count). The summed E-state index contributed by atoms with van der Waals surface area (Å²) in [6.07, 6.45) is 4.38. The van der Waals surface area contributed by atoms with Gasteiger partial charge in [-0.2, -0.15) is 0 Å². The standard InChI is InChI=1S/C10H16O2/c1-9(2,11)7-4-5-10(3)8(6-7)12-10/h6,8,11H,4-5H2,1-3H3/t8-,10+/m1/s1. The molecule has 1 N–H and O–H groups in total. The van der Waals surface area contributed by atoms with Crippen LogP contribution in [0.4, 0.5) is 0 Å². The van der Waals surface area contributed by atoms with Gasteiger partial charge in [0.15, 0.2) is 0 Å². The Balaban J connectivity index is 2.17. The van der Waals surface area contributed by atoms with Crippen molar-refractivity contribution in [1.82, 2.24) is 0 Å². The molecule has 2 aliphatic rings. The van der Waals surface area contributed by atoms with Gasteiger partial charge < -0.3 is 9.84 Å². The third-order valence-electron chi connectivity index (χ3n) is 2.97. The van der Waals surface area contributed by atoms with Gasteiger partial charge in [-0.3, -0.25) is 0 Å². The minimum Gasteiger partial charge on any atom is -0.386 e. The lowest BCUT2D eigenvalue weighted by atomic mass is 9.84. The van der Waals surface area contributed by atoms with Crippen molar-refractivity contribution in [3.8, 4) is 0 Å². The van der Waals surface area contributed by atoms with Gasteiger partial charge in [-0.1, -0.05) is 6.08 Å². The number of aliphatic hydroxyl groups is 1. The van der Waals surface area contributed by atoms with Gasteiger partial charge in [-0.25, -0.2) is 0 Å². The molecule has 0 aromatic rings. The third kappa shape index (κ3) is 1.19. The minimum atomic E-state index is -0.659. The van der Waals surface area contributed by atoms with E-state index in [0.29, 0.717) is 0 Å². The molecule has 68 valence electrons. The van der Waals surface area contributed by atoms with E-state index in [2.05, 4.69) is 13.0 Å². The maximum Gasteiger partial charge on any atom is 0.106 e. The molecule has 1 aliphatic carbocycles. The minimum absolute atomic E-state index is 0.106. The average Bonchev–Trinajstić information content (AvgIpc) is 2.56. The Morgan fingerprint density at radius 2 is 2.33 bits per heavy atom. The second-order valence-corrected chi connectivity index (χ2v) is 4.60. The zero-order chi connectivity index (χ0) is 8.98. The fourth-order valence-electron chi connectivity index (χ4n) is 1.83. The smallest absolute Gasteiger partial charge is 0.106 e. The van der Waals surface area contributed by atoms with Crippen LogP contribution in [0.1, 0.15) is 33.6 Å². The van der Waals surface area contributed by atoms with Gasteiger partial charge in [0.05, 0.1) is 11.2 Å². The van der Waals surface area contributed by atoms with Crippen LogP contribution in [0.2, 0.25) is 0 Å². The Bertz CT molecular complexity index is 237. The summed E-state index contributed by atoms with van der Waals surface area (Å²) in [5, 5.41) is 9.74. The molecule has 0 unspecified atom stereocenters. The molecule has 12 heavy (non-hydrogen) atoms. The highest BCUT2D eigenvalue weighted by Gasteiger charge is 2.53. The molecule has 1 aliphatic heterocycles. The fraction of sp³-hybridized carbons (Fsp3) is 0.800. The Hall–Kier alpha value is -0.340. The van der Waals surface area contributed by atoms with Crippen LogP contribution in [0, 0.1) is 0 Å². The summed E-state index contributed by atoms with van der Waals surface area (Å²) in [4.78, 5) is 0. The van der Waals surface area contributed by atoms with E-state index in [1.807, 2.05) is 13.8 Å². The summed E-state index contributed by atoms with van der Waals surface area (Å²) >= 11 is 0. The first-order valence-electron chi connectivity index (χ1n) is 4.53. The van der Waals surface area contributed by atoms with Crippen LogP contribution in [0.3, 0.4) is 0 Å². The van der Waals surface area contributed by atoms with E-state index in [-0.39, 0.29) is 11.7 Å². The first-order valence-corrected chi connectivity index (χ1v) is 4.53. The number of hydrogen-bond acceptors (Lipinski definition) is 2. The monoisotopic (exact) mass is 168 g/mol. The fourth-order valence-corrected chi connectivity index (χ4v) is 1.83. The van der Waals surface area contributed by atoms with E-state index in [4.69, 9.17) is 4.74 Å². The summed E-state index contributed by atoms with van der Waals surface area (Å²) in [5.74, 6) is 0. The summed E-state index contributed by atoms with van der Waals surface area (Å²) < 4.78 is 5.50. The van der Waals surface area contributed by atoms with E-state index in [9.17, 15) is 5.11 Å². The average molecular weight is 168 g/mol. The maximum atomic E-state index is 9.74. The molecule has 0 radical (unpaired) electrons. The molecular formula is C10H16O2. The number of hydrogen-bond donors (Lipinski definition) is 1. The van der Waals surface area contributed by atoms with Crippen LogP contribution in [0.15, 0.2) is 11.6 Å². The Labute approximate surface area is 73.2 Å². The predicted molar refractivity (Wildman–Crippen MR) is 46.9 cm³/mol. The summed E-state index contributed by atoms with van der Waals surface area (Å²) in [6.45, 7) is 5.81. The van der Waals surface area contributed by atoms with Crippen molar-refractivity contribution in [3.63, 3.8) is 0 Å². The number of fused-ring (bicyclic) bond motifs is 1. The van der Waals surface area contributed by atoms with Crippen LogP contribution in [-0.4, -0.2) is 22.4 Å². The second-order valence-electron chi connectivity index (χ2n) is 4.60. The van der Waals surface area contributed by atoms with E-state index in [1.54, 1.807) is 0 Å². The zero-order valence-corrected chi connectivity index (χ0v) is 7.92. The molecule has 0 saturated carbocycles. The van der Waals surface area contributed by atoms with Crippen LogP contribution >= 0.6 is 0 Å². The highest BCUT2D eigenvalue weighted by molar-refractivity contribution is 5.27. The summed E-state index contributed by atoms with van der Waals surface area (Å²) in [7, 11) is 0. The number of rotatable bonds is 1. The zero-order valence-electron chi connectivity index (χ0n) is 7.92. The lowest BCUT2D eigenvalue weighted by Crippen LogP contribution is -2.26. The second kappa shape index (κ2) is 2.12. The van der Waals surface area contributed by atoms with Crippen LogP contribution < -0.4 is 0 Å². The Morgan fingerprint density at radius 1 is 1.67 bits per heavy atom. The molecule has 2 nitrogen and oxygen atoms in total. The molecule has 2 atom stereocenters. The molecule has 0 amide bonds. The largest absolute Gasteiger partial charge is 0.386 e. The van der Waals surface area contributed by atoms with Crippen molar-refractivity contribution in [2.75, 3.05) is 0 Å². The van der Waals surface area contributed by atoms with Gasteiger partial charge >= 0.3 is 0 Å². The van der Waals surface area contributed by atoms with Gasteiger partial charge in [0.1, 0.15) is 6.10 Å². The molecule has 0 aromatic carbocycles. The van der Waals surface area contributed by atoms with Crippen molar-refractivity contribution >= 4 is 0 Å². The molecule has 0 spiro atoms. The van der Waals surface area contributed by atoms with E-state index in [1.165, 1.54) is 0 Å². The SMILES string of the molecule is CC(C)(O)C1=C[C@H]2O[C@@]2(C)CC1. The molecular weight excluding hydrogens is 152 g/mol. The third-order valence-corrected chi connectivity index (χ3v) is 2.97. The topological polar surface area (TPSA) is 32.8 Å². The van der Waals surface area contributed by atoms with Crippen molar-refractivity contribution in [2.45, 2.75) is 50.9 Å². The summed E-state index contributed by atoms with van der Waals surface area (Å²) in [5.41, 5.74) is 0.574. The van der Waals surface area contributed by atoms with Crippen molar-refractivity contribution in [2.24, 2.45) is 0 Å². The van der Waals surface area contributed by atoms with Gasteiger partial charge in [0.25, 0.3) is 0 Å². The lowest BCUT2D eigenvalue weighted by Gasteiger charge is -2.24. The van der Waals surface area contributed by atoms with Crippen molar-refractivity contribution in [1.29, 1.82) is 0 Å². The first kappa shape index (κ1) is 8.27. The molecule has 1 heterocycles. The highest BCUT2D eigenvalue weighted by atomic mass is 16.6. The molecule has 1 fully saturated rings. The van der Waals surface area contributed by atoms with Crippen molar-refractivity contribution < 1.29 is 9.84 Å². The van der Waals surface area contributed by atoms with Gasteiger partial charge in [0, 0.05) is 0 Å². The van der Waals surface area contributed by atoms with Gasteiger partial charge in [-0.15, -0.1) is 0 Å². The van der Waals surface area contributed by atoms with E-state index >= 15 is 0 Å². The van der Waals surface area contributed by atoms with Crippen LogP contribution in [-0.2, 0) is 4.74 Å². The number of ether oxygens (including phenoxy) is 1. The quantitative estimate of drug-likeness (QED) is 0.477. The van der Waals surface area contributed by atoms with Gasteiger partial charge in [0.2, 0.25) is 0 Å². The predicted octanol–water partition coefficient (Wildman–Crippen LogP) is 1.64. The highest BCUT2D eigenvalue weighted by Crippen LogP contribution is 2.47. The Morgan fingerprint density at radius 3 is 2.83 bits per heavy atom. The number of epoxide rings is 1. The van der Waals surface area contributed by atoms with E-state index < -0.39 is 5.60 Å². The Kier molecular flexibility index (Phi) is 1.46. The van der Waals surface area contributed by atoms with Crippen molar-refractivity contribution in [3.05, 3.63) is 11.6 Å².